The van der Waals surface area contributed by atoms with Crippen molar-refractivity contribution in [2.45, 2.75) is 38.5 Å². The van der Waals surface area contributed by atoms with Crippen molar-refractivity contribution in [1.29, 1.82) is 0 Å². The highest BCUT2D eigenvalue weighted by atomic mass is 16.5. The normalized spacial score (nSPS) is 9.42. The summed E-state index contributed by atoms with van der Waals surface area (Å²) in [6.07, 6.45) is 2.72. The monoisotopic (exact) mass is 280 g/mol. The Morgan fingerprint density at radius 2 is 1.32 bits per heavy atom. The van der Waals surface area contributed by atoms with E-state index in [1.807, 2.05) is 0 Å². The fraction of sp³-hybridized carbons (Fsp3) is 0.833. The van der Waals surface area contributed by atoms with E-state index in [0.717, 1.165) is 12.8 Å². The number of rotatable bonds is 10. The van der Waals surface area contributed by atoms with E-state index in [0.29, 0.717) is 12.8 Å². The van der Waals surface area contributed by atoms with Gasteiger partial charge in [-0.25, -0.2) is 0 Å². The summed E-state index contributed by atoms with van der Waals surface area (Å²) in [6.45, 7) is 0.222. The van der Waals surface area contributed by atoms with Gasteiger partial charge in [0, 0.05) is 26.1 Å². The van der Waals surface area contributed by atoms with E-state index in [-0.39, 0.29) is 45.2 Å². The molecule has 0 bridgehead atoms. The highest BCUT2D eigenvalue weighted by Crippen LogP contribution is 2.00. The topological polar surface area (TPSA) is 124 Å². The highest BCUT2D eigenvalue weighted by molar-refractivity contribution is 5.69. The Morgan fingerprint density at radius 1 is 0.789 bits per heavy atom. The van der Waals surface area contributed by atoms with Gasteiger partial charge >= 0.3 is 11.9 Å². The predicted octanol–water partition coefficient (Wildman–Crippen LogP) is -0.0819. The SMILES string of the molecule is O=C(O)CCCCC(=O)OCCO.OCCCCO. The van der Waals surface area contributed by atoms with Crippen molar-refractivity contribution in [3.05, 3.63) is 0 Å². The first kappa shape index (κ1) is 20.1. The number of aliphatic hydroxyl groups is 3. The number of carbonyl (C=O) groups excluding carboxylic acids is 1. The Morgan fingerprint density at radius 3 is 1.74 bits per heavy atom. The van der Waals surface area contributed by atoms with Crippen molar-refractivity contribution in [3.63, 3.8) is 0 Å². The molecule has 7 heteroatoms. The summed E-state index contributed by atoms with van der Waals surface area (Å²) in [5.41, 5.74) is 0. The van der Waals surface area contributed by atoms with E-state index >= 15 is 0 Å². The van der Waals surface area contributed by atoms with Gasteiger partial charge < -0.3 is 25.2 Å². The average Bonchev–Trinajstić information content (AvgIpc) is 2.39. The smallest absolute Gasteiger partial charge is 0.305 e. The summed E-state index contributed by atoms with van der Waals surface area (Å²) in [6, 6.07) is 0. The molecule has 0 amide bonds. The zero-order valence-electron chi connectivity index (χ0n) is 11.1. The number of aliphatic hydroxyl groups excluding tert-OH is 3. The fourth-order valence-electron chi connectivity index (χ4n) is 1.00. The molecule has 0 rings (SSSR count). The molecule has 0 fully saturated rings. The van der Waals surface area contributed by atoms with Gasteiger partial charge in [0.2, 0.25) is 0 Å². The minimum Gasteiger partial charge on any atom is -0.481 e. The lowest BCUT2D eigenvalue weighted by molar-refractivity contribution is -0.145. The summed E-state index contributed by atoms with van der Waals surface area (Å²) in [4.78, 5) is 20.8. The maximum atomic E-state index is 10.8. The Kier molecular flexibility index (Phi) is 17.8. The molecule has 0 aliphatic carbocycles. The Labute approximate surface area is 112 Å². The molecule has 0 unspecified atom stereocenters. The molecule has 0 aliphatic rings. The molecule has 0 heterocycles. The zero-order chi connectivity index (χ0) is 14.9. The third-order valence-corrected chi connectivity index (χ3v) is 1.94. The Hall–Kier alpha value is -1.18. The van der Waals surface area contributed by atoms with Gasteiger partial charge in [0.05, 0.1) is 6.61 Å². The number of unbranched alkanes of at least 4 members (excludes halogenated alkanes) is 2. The van der Waals surface area contributed by atoms with Crippen molar-refractivity contribution in [2.75, 3.05) is 26.4 Å². The van der Waals surface area contributed by atoms with Crippen LogP contribution in [-0.4, -0.2) is 58.8 Å². The van der Waals surface area contributed by atoms with E-state index in [2.05, 4.69) is 4.74 Å². The van der Waals surface area contributed by atoms with Gasteiger partial charge in [-0.2, -0.15) is 0 Å². The van der Waals surface area contributed by atoms with E-state index in [4.69, 9.17) is 20.4 Å². The van der Waals surface area contributed by atoms with Crippen LogP contribution in [0.5, 0.6) is 0 Å². The van der Waals surface area contributed by atoms with Crippen LogP contribution in [-0.2, 0) is 14.3 Å². The second-order valence-electron chi connectivity index (χ2n) is 3.70. The number of esters is 1. The Balaban J connectivity index is 0. The minimum absolute atomic E-state index is 0.0117. The Bertz CT molecular complexity index is 214. The third-order valence-electron chi connectivity index (χ3n) is 1.94. The molecule has 19 heavy (non-hydrogen) atoms. The number of hydrogen-bond acceptors (Lipinski definition) is 6. The van der Waals surface area contributed by atoms with Crippen LogP contribution in [0.2, 0.25) is 0 Å². The molecule has 0 saturated carbocycles. The molecule has 0 aromatic carbocycles. The summed E-state index contributed by atoms with van der Waals surface area (Å²) in [7, 11) is 0. The quantitative estimate of drug-likeness (QED) is 0.326. The van der Waals surface area contributed by atoms with Crippen LogP contribution in [0.15, 0.2) is 0 Å². The maximum absolute atomic E-state index is 10.8. The lowest BCUT2D eigenvalue weighted by Crippen LogP contribution is -2.08. The van der Waals surface area contributed by atoms with Gasteiger partial charge in [-0.1, -0.05) is 0 Å². The fourth-order valence-corrected chi connectivity index (χ4v) is 1.00. The highest BCUT2D eigenvalue weighted by Gasteiger charge is 2.03. The molecule has 7 nitrogen and oxygen atoms in total. The van der Waals surface area contributed by atoms with Crippen LogP contribution in [0.1, 0.15) is 38.5 Å². The van der Waals surface area contributed by atoms with E-state index in [9.17, 15) is 9.59 Å². The second-order valence-corrected chi connectivity index (χ2v) is 3.70. The van der Waals surface area contributed by atoms with Crippen LogP contribution in [0.25, 0.3) is 0 Å². The number of carbonyl (C=O) groups is 2. The molecule has 0 saturated heterocycles. The number of carboxylic acids is 1. The lowest BCUT2D eigenvalue weighted by Gasteiger charge is -2.01. The molecular weight excluding hydrogens is 256 g/mol. The molecule has 114 valence electrons. The summed E-state index contributed by atoms with van der Waals surface area (Å²) < 4.78 is 4.56. The minimum atomic E-state index is -0.858. The van der Waals surface area contributed by atoms with E-state index in [1.54, 1.807) is 0 Å². The summed E-state index contributed by atoms with van der Waals surface area (Å²) in [5.74, 6) is -1.25. The van der Waals surface area contributed by atoms with Crippen molar-refractivity contribution < 1.29 is 34.8 Å². The number of ether oxygens (including phenoxy) is 1. The molecule has 0 radical (unpaired) electrons. The molecule has 0 atom stereocenters. The van der Waals surface area contributed by atoms with Crippen LogP contribution < -0.4 is 0 Å². The average molecular weight is 280 g/mol. The second kappa shape index (κ2) is 16.8. The largest absolute Gasteiger partial charge is 0.481 e. The van der Waals surface area contributed by atoms with Gasteiger partial charge in [-0.3, -0.25) is 9.59 Å². The lowest BCUT2D eigenvalue weighted by atomic mass is 10.2. The van der Waals surface area contributed by atoms with Gasteiger partial charge in [-0.05, 0) is 25.7 Å². The van der Waals surface area contributed by atoms with E-state index in [1.165, 1.54) is 0 Å². The number of hydrogen-bond donors (Lipinski definition) is 4. The summed E-state index contributed by atoms with van der Waals surface area (Å²) in [5, 5.41) is 32.7. The zero-order valence-corrected chi connectivity index (χ0v) is 11.1. The number of aliphatic carboxylic acids is 1. The van der Waals surface area contributed by atoms with Crippen LogP contribution in [0, 0.1) is 0 Å². The molecule has 0 spiro atoms. The van der Waals surface area contributed by atoms with Gasteiger partial charge in [0.15, 0.2) is 0 Å². The predicted molar refractivity (Wildman–Crippen MR) is 67.6 cm³/mol. The molecule has 0 aliphatic heterocycles. The third kappa shape index (κ3) is 22.5. The van der Waals surface area contributed by atoms with Gasteiger partial charge in [0.25, 0.3) is 0 Å². The van der Waals surface area contributed by atoms with Crippen LogP contribution in [0.4, 0.5) is 0 Å². The van der Waals surface area contributed by atoms with Crippen molar-refractivity contribution in [1.82, 2.24) is 0 Å². The first-order valence-electron chi connectivity index (χ1n) is 6.28. The van der Waals surface area contributed by atoms with Gasteiger partial charge in [-0.15, -0.1) is 0 Å². The standard InChI is InChI=1S/C8H14O5.C4H10O2/c9-5-6-13-8(12)4-2-1-3-7(10)11;5-3-1-2-4-6/h9H,1-6H2,(H,10,11);5-6H,1-4H2. The summed E-state index contributed by atoms with van der Waals surface area (Å²) >= 11 is 0. The van der Waals surface area contributed by atoms with Crippen LogP contribution >= 0.6 is 0 Å². The molecule has 0 aromatic rings. The molecule has 0 aromatic heterocycles. The first-order valence-corrected chi connectivity index (χ1v) is 6.28. The van der Waals surface area contributed by atoms with Crippen molar-refractivity contribution in [2.24, 2.45) is 0 Å². The molecule has 4 N–H and O–H groups in total. The van der Waals surface area contributed by atoms with Crippen LogP contribution in [0.3, 0.4) is 0 Å². The van der Waals surface area contributed by atoms with E-state index < -0.39 is 5.97 Å². The van der Waals surface area contributed by atoms with Gasteiger partial charge in [0.1, 0.15) is 6.61 Å². The first-order chi connectivity index (χ1) is 9.08. The van der Waals surface area contributed by atoms with Crippen molar-refractivity contribution in [3.8, 4) is 0 Å². The van der Waals surface area contributed by atoms with Crippen molar-refractivity contribution >= 4 is 11.9 Å². The maximum Gasteiger partial charge on any atom is 0.305 e. The number of carboxylic acid groups (broad SMARTS) is 1. The molecular formula is C12H24O7.